The number of fused-ring (bicyclic) bond motifs is 1. The van der Waals surface area contributed by atoms with Crippen LogP contribution in [0.2, 0.25) is 0 Å². The van der Waals surface area contributed by atoms with Gasteiger partial charge in [-0.25, -0.2) is 4.98 Å². The number of nitrogens with zero attached hydrogens (tertiary/aromatic N) is 4. The van der Waals surface area contributed by atoms with Crippen molar-refractivity contribution in [2.75, 3.05) is 0 Å². The van der Waals surface area contributed by atoms with Crippen LogP contribution in [0.15, 0.2) is 42.6 Å². The second-order valence-corrected chi connectivity index (χ2v) is 6.91. The summed E-state index contributed by atoms with van der Waals surface area (Å²) in [6, 6.07) is 11.5. The van der Waals surface area contributed by atoms with Crippen LogP contribution in [0.3, 0.4) is 0 Å². The first-order valence-electron chi connectivity index (χ1n) is 9.39. The first-order chi connectivity index (χ1) is 12.8. The smallest absolute Gasteiger partial charge is 0.251 e. The van der Waals surface area contributed by atoms with E-state index in [1.165, 1.54) is 32.1 Å². The van der Waals surface area contributed by atoms with Crippen molar-refractivity contribution in [1.82, 2.24) is 25.3 Å². The number of aromatic nitrogens is 4. The molecule has 26 heavy (non-hydrogen) atoms. The number of pyridine rings is 1. The molecule has 1 aromatic carbocycles. The molecule has 1 saturated carbocycles. The van der Waals surface area contributed by atoms with Gasteiger partial charge in [0.25, 0.3) is 5.91 Å². The molecule has 134 valence electrons. The zero-order chi connectivity index (χ0) is 17.8. The molecule has 1 amide bonds. The lowest BCUT2D eigenvalue weighted by Crippen LogP contribution is -2.35. The summed E-state index contributed by atoms with van der Waals surface area (Å²) in [6.07, 6.45) is 10.2. The molecule has 1 aliphatic carbocycles. The Kier molecular flexibility index (Phi) is 4.91. The Morgan fingerprint density at radius 1 is 1.00 bits per heavy atom. The fraction of sp³-hybridized carbons (Fsp3) is 0.400. The fourth-order valence-corrected chi connectivity index (χ4v) is 3.56. The van der Waals surface area contributed by atoms with E-state index < -0.39 is 0 Å². The van der Waals surface area contributed by atoms with E-state index >= 15 is 0 Å². The van der Waals surface area contributed by atoms with Gasteiger partial charge in [0, 0.05) is 17.8 Å². The number of rotatable bonds is 3. The van der Waals surface area contributed by atoms with Gasteiger partial charge in [0.05, 0.1) is 5.69 Å². The van der Waals surface area contributed by atoms with Gasteiger partial charge < -0.3 is 5.32 Å². The van der Waals surface area contributed by atoms with E-state index in [1.54, 1.807) is 10.9 Å². The van der Waals surface area contributed by atoms with Crippen molar-refractivity contribution < 1.29 is 4.79 Å². The summed E-state index contributed by atoms with van der Waals surface area (Å²) < 4.78 is 1.69. The number of benzene rings is 1. The van der Waals surface area contributed by atoms with Crippen molar-refractivity contribution in [3.63, 3.8) is 0 Å². The predicted octanol–water partition coefficient (Wildman–Crippen LogP) is 3.66. The Labute approximate surface area is 152 Å². The van der Waals surface area contributed by atoms with Crippen molar-refractivity contribution in [3.05, 3.63) is 48.2 Å². The first kappa shape index (κ1) is 16.7. The van der Waals surface area contributed by atoms with Gasteiger partial charge in [-0.1, -0.05) is 37.3 Å². The highest BCUT2D eigenvalue weighted by atomic mass is 16.1. The minimum absolute atomic E-state index is 0.00342. The third-order valence-electron chi connectivity index (χ3n) is 5.02. The normalized spacial score (nSPS) is 16.2. The predicted molar refractivity (Wildman–Crippen MR) is 100 cm³/mol. The van der Waals surface area contributed by atoms with Crippen molar-refractivity contribution in [1.29, 1.82) is 0 Å². The van der Waals surface area contributed by atoms with Crippen LogP contribution in [0.1, 0.15) is 55.3 Å². The molecule has 6 nitrogen and oxygen atoms in total. The van der Waals surface area contributed by atoms with E-state index in [9.17, 15) is 4.79 Å². The second-order valence-electron chi connectivity index (χ2n) is 6.91. The average Bonchev–Trinajstić information content (AvgIpc) is 3.08. The SMILES string of the molecule is O=C(NC1CCCCCCC1)c1ccc(-n2nnc3cccnc32)cc1. The molecule has 0 aliphatic heterocycles. The molecule has 3 aromatic rings. The van der Waals surface area contributed by atoms with Gasteiger partial charge in [0.1, 0.15) is 5.52 Å². The van der Waals surface area contributed by atoms with Crippen LogP contribution in [-0.2, 0) is 0 Å². The van der Waals surface area contributed by atoms with E-state index in [-0.39, 0.29) is 5.91 Å². The Morgan fingerprint density at radius 2 is 1.73 bits per heavy atom. The first-order valence-corrected chi connectivity index (χ1v) is 9.39. The van der Waals surface area contributed by atoms with E-state index in [0.29, 0.717) is 17.3 Å². The molecule has 6 heteroatoms. The average molecular weight is 349 g/mol. The van der Waals surface area contributed by atoms with E-state index in [0.717, 1.165) is 24.0 Å². The third-order valence-corrected chi connectivity index (χ3v) is 5.02. The zero-order valence-corrected chi connectivity index (χ0v) is 14.8. The van der Waals surface area contributed by atoms with Crippen LogP contribution in [0.4, 0.5) is 0 Å². The number of nitrogens with one attached hydrogen (secondary N) is 1. The van der Waals surface area contributed by atoms with Gasteiger partial charge in [-0.15, -0.1) is 5.10 Å². The quantitative estimate of drug-likeness (QED) is 0.783. The Hall–Kier alpha value is -2.76. The third kappa shape index (κ3) is 3.59. The Morgan fingerprint density at radius 3 is 2.50 bits per heavy atom. The minimum atomic E-state index is 0.00342. The highest BCUT2D eigenvalue weighted by Crippen LogP contribution is 2.18. The van der Waals surface area contributed by atoms with Crippen molar-refractivity contribution >= 4 is 17.1 Å². The standard InChI is InChI=1S/C20H23N5O/c26-20(22-16-7-4-2-1-3-5-8-16)15-10-12-17(13-11-15)25-19-18(23-24-25)9-6-14-21-19/h6,9-14,16H,1-5,7-8H2,(H,22,26). The number of hydrogen-bond donors (Lipinski definition) is 1. The molecule has 1 N–H and O–H groups in total. The molecule has 0 radical (unpaired) electrons. The lowest BCUT2D eigenvalue weighted by Gasteiger charge is -2.21. The second kappa shape index (κ2) is 7.64. The largest absolute Gasteiger partial charge is 0.349 e. The van der Waals surface area contributed by atoms with Gasteiger partial charge in [-0.3, -0.25) is 4.79 Å². The molecular formula is C20H23N5O. The summed E-state index contributed by atoms with van der Waals surface area (Å²) in [4.78, 5) is 16.9. The summed E-state index contributed by atoms with van der Waals surface area (Å²) in [5.41, 5.74) is 2.97. The fourth-order valence-electron chi connectivity index (χ4n) is 3.56. The van der Waals surface area contributed by atoms with Gasteiger partial charge in [-0.05, 0) is 49.2 Å². The van der Waals surface area contributed by atoms with E-state index in [2.05, 4.69) is 20.6 Å². The van der Waals surface area contributed by atoms with Crippen LogP contribution < -0.4 is 5.32 Å². The molecule has 4 rings (SSSR count). The molecule has 1 aliphatic rings. The molecule has 2 aromatic heterocycles. The highest BCUT2D eigenvalue weighted by Gasteiger charge is 2.15. The number of carbonyl (C=O) groups excluding carboxylic acids is 1. The molecule has 0 unspecified atom stereocenters. The molecule has 0 atom stereocenters. The van der Waals surface area contributed by atoms with Crippen LogP contribution >= 0.6 is 0 Å². The van der Waals surface area contributed by atoms with Gasteiger partial charge >= 0.3 is 0 Å². The summed E-state index contributed by atoms with van der Waals surface area (Å²) in [5, 5.41) is 11.5. The van der Waals surface area contributed by atoms with E-state index in [4.69, 9.17) is 0 Å². The Bertz CT molecular complexity index is 879. The van der Waals surface area contributed by atoms with Crippen LogP contribution in [-0.4, -0.2) is 31.9 Å². The van der Waals surface area contributed by atoms with Gasteiger partial charge in [0.15, 0.2) is 5.65 Å². The van der Waals surface area contributed by atoms with Crippen molar-refractivity contribution in [2.24, 2.45) is 0 Å². The minimum Gasteiger partial charge on any atom is -0.349 e. The van der Waals surface area contributed by atoms with Gasteiger partial charge in [-0.2, -0.15) is 4.68 Å². The maximum Gasteiger partial charge on any atom is 0.251 e. The lowest BCUT2D eigenvalue weighted by molar-refractivity contribution is 0.0930. The molecule has 0 bridgehead atoms. The molecule has 0 spiro atoms. The van der Waals surface area contributed by atoms with Crippen LogP contribution in [0.5, 0.6) is 0 Å². The van der Waals surface area contributed by atoms with E-state index in [1.807, 2.05) is 36.4 Å². The molecular weight excluding hydrogens is 326 g/mol. The maximum absolute atomic E-state index is 12.6. The topological polar surface area (TPSA) is 72.7 Å². The van der Waals surface area contributed by atoms with Crippen LogP contribution in [0, 0.1) is 0 Å². The Balaban J connectivity index is 1.47. The maximum atomic E-state index is 12.6. The summed E-state index contributed by atoms with van der Waals surface area (Å²) in [5.74, 6) is 0.00342. The lowest BCUT2D eigenvalue weighted by atomic mass is 9.96. The molecule has 1 fully saturated rings. The molecule has 2 heterocycles. The number of hydrogen-bond acceptors (Lipinski definition) is 4. The van der Waals surface area contributed by atoms with Gasteiger partial charge in [0.2, 0.25) is 0 Å². The summed E-state index contributed by atoms with van der Waals surface area (Å²) in [6.45, 7) is 0. The number of amides is 1. The monoisotopic (exact) mass is 349 g/mol. The zero-order valence-electron chi connectivity index (χ0n) is 14.8. The summed E-state index contributed by atoms with van der Waals surface area (Å²) >= 11 is 0. The van der Waals surface area contributed by atoms with Crippen LogP contribution in [0.25, 0.3) is 16.9 Å². The molecule has 0 saturated heterocycles. The van der Waals surface area contributed by atoms with Crippen molar-refractivity contribution in [2.45, 2.75) is 51.0 Å². The summed E-state index contributed by atoms with van der Waals surface area (Å²) in [7, 11) is 0. The van der Waals surface area contributed by atoms with Crippen molar-refractivity contribution in [3.8, 4) is 5.69 Å². The highest BCUT2D eigenvalue weighted by molar-refractivity contribution is 5.94. The number of carbonyl (C=O) groups is 1.